The second kappa shape index (κ2) is 11.1. The van der Waals surface area contributed by atoms with E-state index in [4.69, 9.17) is 4.74 Å². The maximum atomic E-state index is 12.9. The Hall–Kier alpha value is -2.41. The maximum absolute atomic E-state index is 12.9. The summed E-state index contributed by atoms with van der Waals surface area (Å²) >= 11 is 0. The molecule has 2 fully saturated rings. The van der Waals surface area contributed by atoms with Gasteiger partial charge in [0.1, 0.15) is 0 Å². The minimum Gasteiger partial charge on any atom is -0.466 e. The first-order chi connectivity index (χ1) is 14.6. The van der Waals surface area contributed by atoms with Crippen LogP contribution in [0.3, 0.4) is 0 Å². The zero-order valence-corrected chi connectivity index (χ0v) is 17.8. The lowest BCUT2D eigenvalue weighted by atomic mass is 9.97. The van der Waals surface area contributed by atoms with E-state index in [1.54, 1.807) is 11.8 Å². The predicted octanol–water partition coefficient (Wildman–Crippen LogP) is 1.61. The fraction of sp³-hybridized carbons (Fsp3) is 0.609. The lowest BCUT2D eigenvalue weighted by Crippen LogP contribution is -2.57. The number of nitrogens with one attached hydrogen (secondary N) is 1. The van der Waals surface area contributed by atoms with E-state index in [1.807, 2.05) is 23.1 Å². The van der Waals surface area contributed by atoms with Crippen LogP contribution in [0.1, 0.15) is 38.2 Å². The summed E-state index contributed by atoms with van der Waals surface area (Å²) in [5.74, 6) is -0.554. The third kappa shape index (κ3) is 6.05. The van der Waals surface area contributed by atoms with Crippen molar-refractivity contribution in [3.63, 3.8) is 0 Å². The van der Waals surface area contributed by atoms with Gasteiger partial charge in [-0.2, -0.15) is 0 Å². The Bertz CT molecular complexity index is 724. The van der Waals surface area contributed by atoms with Gasteiger partial charge in [-0.25, -0.2) is 0 Å². The van der Waals surface area contributed by atoms with Crippen molar-refractivity contribution >= 4 is 17.8 Å². The van der Waals surface area contributed by atoms with Crippen molar-refractivity contribution in [1.82, 2.24) is 15.1 Å². The number of likely N-dealkylation sites (tertiary alicyclic amines) is 1. The highest BCUT2D eigenvalue weighted by Gasteiger charge is 2.34. The quantitative estimate of drug-likeness (QED) is 0.653. The number of piperazine rings is 1. The molecule has 2 aliphatic rings. The number of esters is 1. The summed E-state index contributed by atoms with van der Waals surface area (Å²) in [6, 6.07) is 9.78. The van der Waals surface area contributed by atoms with Crippen molar-refractivity contribution in [2.45, 2.75) is 45.1 Å². The van der Waals surface area contributed by atoms with E-state index in [0.29, 0.717) is 39.3 Å². The number of piperidine rings is 1. The summed E-state index contributed by atoms with van der Waals surface area (Å²) in [5, 5.41) is 3.20. The van der Waals surface area contributed by atoms with Gasteiger partial charge in [0.2, 0.25) is 11.8 Å². The topological polar surface area (TPSA) is 79.0 Å². The lowest BCUT2D eigenvalue weighted by Gasteiger charge is -2.35. The van der Waals surface area contributed by atoms with Crippen molar-refractivity contribution in [3.8, 4) is 0 Å². The number of amides is 2. The number of carbonyl (C=O) groups excluding carboxylic acids is 3. The Morgan fingerprint density at radius 1 is 1.20 bits per heavy atom. The average Bonchev–Trinajstić information content (AvgIpc) is 2.77. The van der Waals surface area contributed by atoms with Crippen LogP contribution in [0.4, 0.5) is 0 Å². The molecular weight excluding hydrogens is 382 g/mol. The Morgan fingerprint density at radius 3 is 2.77 bits per heavy atom. The van der Waals surface area contributed by atoms with Crippen molar-refractivity contribution in [1.29, 1.82) is 0 Å². The SMILES string of the molecule is CCOC(=O)C1CCCN(C(=O)CC2NCCN(CCCc3ccccc3)C2=O)C1. The van der Waals surface area contributed by atoms with Gasteiger partial charge in [0.25, 0.3) is 0 Å². The standard InChI is InChI=1S/C23H33N3O4/c1-2-30-23(29)19-11-7-14-26(17-19)21(27)16-20-22(28)25(15-12-24-20)13-6-10-18-8-4-3-5-9-18/h3-5,8-9,19-20,24H,2,6-7,10-17H2,1H3. The van der Waals surface area contributed by atoms with Crippen LogP contribution in [-0.2, 0) is 25.5 Å². The van der Waals surface area contributed by atoms with Gasteiger partial charge < -0.3 is 19.9 Å². The molecule has 7 nitrogen and oxygen atoms in total. The summed E-state index contributed by atoms with van der Waals surface area (Å²) in [6.07, 6.45) is 3.52. The van der Waals surface area contributed by atoms with E-state index in [9.17, 15) is 14.4 Å². The van der Waals surface area contributed by atoms with Gasteiger partial charge in [-0.05, 0) is 38.2 Å². The van der Waals surface area contributed by atoms with E-state index in [-0.39, 0.29) is 30.1 Å². The fourth-order valence-corrected chi connectivity index (χ4v) is 4.25. The maximum Gasteiger partial charge on any atom is 0.310 e. The smallest absolute Gasteiger partial charge is 0.310 e. The molecule has 0 spiro atoms. The highest BCUT2D eigenvalue weighted by atomic mass is 16.5. The molecule has 2 amide bonds. The number of aryl methyl sites for hydroxylation is 1. The van der Waals surface area contributed by atoms with Crippen molar-refractivity contribution < 1.29 is 19.1 Å². The molecule has 0 aliphatic carbocycles. The summed E-state index contributed by atoms with van der Waals surface area (Å²) in [6.45, 7) is 5.23. The molecule has 2 saturated heterocycles. The van der Waals surface area contributed by atoms with Gasteiger partial charge in [0, 0.05) is 32.7 Å². The number of hydrogen-bond acceptors (Lipinski definition) is 5. The molecule has 0 radical (unpaired) electrons. The van der Waals surface area contributed by atoms with E-state index in [0.717, 1.165) is 25.7 Å². The first kappa shape index (κ1) is 22.3. The Labute approximate surface area is 178 Å². The molecule has 2 atom stereocenters. The molecule has 0 saturated carbocycles. The molecule has 1 N–H and O–H groups in total. The molecule has 30 heavy (non-hydrogen) atoms. The summed E-state index contributed by atoms with van der Waals surface area (Å²) in [7, 11) is 0. The Morgan fingerprint density at radius 2 is 2.00 bits per heavy atom. The van der Waals surface area contributed by atoms with Crippen LogP contribution in [0.15, 0.2) is 30.3 Å². The van der Waals surface area contributed by atoms with Gasteiger partial charge in [-0.15, -0.1) is 0 Å². The van der Waals surface area contributed by atoms with Crippen molar-refractivity contribution in [3.05, 3.63) is 35.9 Å². The molecular formula is C23H33N3O4. The van der Waals surface area contributed by atoms with Crippen LogP contribution >= 0.6 is 0 Å². The summed E-state index contributed by atoms with van der Waals surface area (Å²) < 4.78 is 5.11. The second-order valence-electron chi connectivity index (χ2n) is 8.06. The van der Waals surface area contributed by atoms with E-state index in [1.165, 1.54) is 5.56 Å². The number of ether oxygens (including phenoxy) is 1. The number of hydrogen-bond donors (Lipinski definition) is 1. The largest absolute Gasteiger partial charge is 0.466 e. The summed E-state index contributed by atoms with van der Waals surface area (Å²) in [5.41, 5.74) is 1.27. The Balaban J connectivity index is 1.47. The lowest BCUT2D eigenvalue weighted by molar-refractivity contribution is -0.152. The minimum atomic E-state index is -0.481. The molecule has 2 aliphatic heterocycles. The second-order valence-corrected chi connectivity index (χ2v) is 8.06. The van der Waals surface area contributed by atoms with Crippen molar-refractivity contribution in [2.24, 2.45) is 5.92 Å². The first-order valence-electron chi connectivity index (χ1n) is 11.1. The zero-order valence-electron chi connectivity index (χ0n) is 17.8. The van der Waals surface area contributed by atoms with Gasteiger partial charge in [-0.3, -0.25) is 14.4 Å². The van der Waals surface area contributed by atoms with Crippen LogP contribution in [0.25, 0.3) is 0 Å². The van der Waals surface area contributed by atoms with Crippen LogP contribution in [0.2, 0.25) is 0 Å². The monoisotopic (exact) mass is 415 g/mol. The first-order valence-corrected chi connectivity index (χ1v) is 11.1. The summed E-state index contributed by atoms with van der Waals surface area (Å²) in [4.78, 5) is 41.3. The van der Waals surface area contributed by atoms with Crippen LogP contribution in [0.5, 0.6) is 0 Å². The molecule has 164 valence electrons. The van der Waals surface area contributed by atoms with Crippen LogP contribution < -0.4 is 5.32 Å². The third-order valence-electron chi connectivity index (χ3n) is 5.89. The number of benzene rings is 1. The molecule has 0 aromatic heterocycles. The molecule has 0 bridgehead atoms. The number of nitrogens with zero attached hydrogens (tertiary/aromatic N) is 2. The molecule has 3 rings (SSSR count). The normalized spacial score (nSPS) is 22.1. The van der Waals surface area contributed by atoms with Gasteiger partial charge in [0.15, 0.2) is 0 Å². The fourth-order valence-electron chi connectivity index (χ4n) is 4.25. The van der Waals surface area contributed by atoms with E-state index in [2.05, 4.69) is 17.4 Å². The van der Waals surface area contributed by atoms with Crippen LogP contribution in [-0.4, -0.2) is 73.0 Å². The molecule has 2 unspecified atom stereocenters. The Kier molecular flexibility index (Phi) is 8.25. The average molecular weight is 416 g/mol. The minimum absolute atomic E-state index is 0.00149. The van der Waals surface area contributed by atoms with Crippen molar-refractivity contribution in [2.75, 3.05) is 39.3 Å². The molecule has 2 heterocycles. The predicted molar refractivity (Wildman–Crippen MR) is 114 cm³/mol. The molecule has 1 aromatic carbocycles. The number of rotatable bonds is 8. The van der Waals surface area contributed by atoms with E-state index < -0.39 is 6.04 Å². The highest BCUT2D eigenvalue weighted by molar-refractivity contribution is 5.89. The third-order valence-corrected chi connectivity index (χ3v) is 5.89. The van der Waals surface area contributed by atoms with Gasteiger partial charge >= 0.3 is 5.97 Å². The highest BCUT2D eigenvalue weighted by Crippen LogP contribution is 2.19. The van der Waals surface area contributed by atoms with Gasteiger partial charge in [-0.1, -0.05) is 30.3 Å². The number of carbonyl (C=O) groups is 3. The molecule has 7 heteroatoms. The van der Waals surface area contributed by atoms with E-state index >= 15 is 0 Å². The zero-order chi connectivity index (χ0) is 21.3. The van der Waals surface area contributed by atoms with Crippen LogP contribution in [0, 0.1) is 5.92 Å². The molecule has 1 aromatic rings. The van der Waals surface area contributed by atoms with Gasteiger partial charge in [0.05, 0.1) is 25.0 Å².